The molecular weight excluding hydrogens is 250 g/mol. The second kappa shape index (κ2) is 10.3. The lowest BCUT2D eigenvalue weighted by atomic mass is 10.1. The van der Waals surface area contributed by atoms with Gasteiger partial charge in [-0.05, 0) is 30.7 Å². The molecule has 0 amide bonds. The highest BCUT2D eigenvalue weighted by Crippen LogP contribution is 2.11. The summed E-state index contributed by atoms with van der Waals surface area (Å²) in [4.78, 5) is 11.3. The zero-order valence-electron chi connectivity index (χ0n) is 12.8. The van der Waals surface area contributed by atoms with Crippen LogP contribution in [0.5, 0.6) is 0 Å². The monoisotopic (exact) mass is 277 g/mol. The Morgan fingerprint density at radius 3 is 2.20 bits per heavy atom. The average Bonchev–Trinajstić information content (AvgIpc) is 2.50. The molecule has 0 aliphatic rings. The summed E-state index contributed by atoms with van der Waals surface area (Å²) in [5.41, 5.74) is 1.65. The molecule has 1 aromatic rings. The quantitative estimate of drug-likeness (QED) is 0.500. The van der Waals surface area contributed by atoms with Crippen LogP contribution in [0.4, 0.5) is 5.69 Å². The number of carbonyl (C=O) groups is 1. The van der Waals surface area contributed by atoms with Gasteiger partial charge in [-0.15, -0.1) is 0 Å². The lowest BCUT2D eigenvalue weighted by Crippen LogP contribution is -2.03. The van der Waals surface area contributed by atoms with E-state index >= 15 is 0 Å². The second-order valence-corrected chi connectivity index (χ2v) is 5.12. The summed E-state index contributed by atoms with van der Waals surface area (Å²) in [6, 6.07) is 7.43. The summed E-state index contributed by atoms with van der Waals surface area (Å²) in [5, 5.41) is 3.38. The molecule has 0 heterocycles. The smallest absolute Gasteiger partial charge is 0.337 e. The highest BCUT2D eigenvalue weighted by molar-refractivity contribution is 5.89. The fourth-order valence-electron chi connectivity index (χ4n) is 2.16. The van der Waals surface area contributed by atoms with Crippen LogP contribution in [0.2, 0.25) is 0 Å². The first-order chi connectivity index (χ1) is 9.77. The molecule has 0 atom stereocenters. The predicted molar refractivity (Wildman–Crippen MR) is 84.3 cm³/mol. The van der Waals surface area contributed by atoms with Gasteiger partial charge in [-0.3, -0.25) is 0 Å². The van der Waals surface area contributed by atoms with Crippen molar-refractivity contribution < 1.29 is 9.53 Å². The minimum absolute atomic E-state index is 0.288. The van der Waals surface area contributed by atoms with E-state index in [-0.39, 0.29) is 5.97 Å². The highest BCUT2D eigenvalue weighted by Gasteiger charge is 2.03. The SMILES string of the molecule is CCCCCCCCCNc1ccc(C(=O)OC)cc1. The molecule has 0 spiro atoms. The van der Waals surface area contributed by atoms with Crippen LogP contribution >= 0.6 is 0 Å². The van der Waals surface area contributed by atoms with Crippen LogP contribution < -0.4 is 5.32 Å². The van der Waals surface area contributed by atoms with Gasteiger partial charge >= 0.3 is 5.97 Å². The van der Waals surface area contributed by atoms with Crippen molar-refractivity contribution in [2.24, 2.45) is 0 Å². The van der Waals surface area contributed by atoms with Gasteiger partial charge in [-0.1, -0.05) is 45.4 Å². The number of esters is 1. The van der Waals surface area contributed by atoms with E-state index in [0.29, 0.717) is 5.56 Å². The number of benzene rings is 1. The van der Waals surface area contributed by atoms with E-state index < -0.39 is 0 Å². The standard InChI is InChI=1S/C17H27NO2/c1-3-4-5-6-7-8-9-14-18-16-12-10-15(11-13-16)17(19)20-2/h10-13,18H,3-9,14H2,1-2H3. The van der Waals surface area contributed by atoms with Gasteiger partial charge in [0.15, 0.2) is 0 Å². The molecule has 1 N–H and O–H groups in total. The number of ether oxygens (including phenoxy) is 1. The van der Waals surface area contributed by atoms with Gasteiger partial charge in [-0.25, -0.2) is 4.79 Å². The zero-order chi connectivity index (χ0) is 14.6. The van der Waals surface area contributed by atoms with E-state index in [1.54, 1.807) is 12.1 Å². The number of carbonyl (C=O) groups excluding carboxylic acids is 1. The molecule has 112 valence electrons. The number of anilines is 1. The summed E-state index contributed by atoms with van der Waals surface area (Å²) in [7, 11) is 1.40. The predicted octanol–water partition coefficient (Wildman–Crippen LogP) is 4.64. The maximum absolute atomic E-state index is 11.3. The van der Waals surface area contributed by atoms with Crippen LogP contribution in [-0.2, 0) is 4.74 Å². The lowest BCUT2D eigenvalue weighted by Gasteiger charge is -2.07. The van der Waals surface area contributed by atoms with Crippen LogP contribution in [0.3, 0.4) is 0 Å². The minimum Gasteiger partial charge on any atom is -0.465 e. The van der Waals surface area contributed by atoms with E-state index in [0.717, 1.165) is 12.2 Å². The van der Waals surface area contributed by atoms with Crippen molar-refractivity contribution >= 4 is 11.7 Å². The largest absolute Gasteiger partial charge is 0.465 e. The molecule has 0 fully saturated rings. The second-order valence-electron chi connectivity index (χ2n) is 5.12. The fourth-order valence-corrected chi connectivity index (χ4v) is 2.16. The Balaban J connectivity index is 2.11. The molecule has 20 heavy (non-hydrogen) atoms. The number of hydrogen-bond acceptors (Lipinski definition) is 3. The molecule has 0 aliphatic heterocycles. The molecule has 0 aromatic heterocycles. The van der Waals surface area contributed by atoms with E-state index in [1.165, 1.54) is 52.1 Å². The third kappa shape index (κ3) is 6.60. The Morgan fingerprint density at radius 1 is 1.00 bits per heavy atom. The van der Waals surface area contributed by atoms with Crippen LogP contribution in [0.15, 0.2) is 24.3 Å². The van der Waals surface area contributed by atoms with E-state index in [9.17, 15) is 4.79 Å². The number of unbranched alkanes of at least 4 members (excludes halogenated alkanes) is 6. The van der Waals surface area contributed by atoms with Crippen LogP contribution in [0, 0.1) is 0 Å². The average molecular weight is 277 g/mol. The Bertz CT molecular complexity index is 373. The number of methoxy groups -OCH3 is 1. The van der Waals surface area contributed by atoms with Crippen molar-refractivity contribution in [1.29, 1.82) is 0 Å². The van der Waals surface area contributed by atoms with Gasteiger partial charge in [-0.2, -0.15) is 0 Å². The fraction of sp³-hybridized carbons (Fsp3) is 0.588. The highest BCUT2D eigenvalue weighted by atomic mass is 16.5. The lowest BCUT2D eigenvalue weighted by molar-refractivity contribution is 0.0601. The Hall–Kier alpha value is -1.51. The first-order valence-electron chi connectivity index (χ1n) is 7.70. The van der Waals surface area contributed by atoms with Crippen molar-refractivity contribution in [2.75, 3.05) is 19.0 Å². The molecular formula is C17H27NO2. The summed E-state index contributed by atoms with van der Waals surface area (Å²) in [5.74, 6) is -0.288. The molecule has 0 saturated carbocycles. The summed E-state index contributed by atoms with van der Waals surface area (Å²) < 4.78 is 4.67. The van der Waals surface area contributed by atoms with E-state index in [4.69, 9.17) is 0 Å². The number of nitrogens with one attached hydrogen (secondary N) is 1. The third-order valence-electron chi connectivity index (χ3n) is 3.42. The van der Waals surface area contributed by atoms with Crippen molar-refractivity contribution in [2.45, 2.75) is 51.9 Å². The Labute approximate surface area is 122 Å². The zero-order valence-corrected chi connectivity index (χ0v) is 12.8. The summed E-state index contributed by atoms with van der Waals surface area (Å²) >= 11 is 0. The Kier molecular flexibility index (Phi) is 8.52. The first kappa shape index (κ1) is 16.5. The maximum atomic E-state index is 11.3. The van der Waals surface area contributed by atoms with Crippen LogP contribution in [0.1, 0.15) is 62.2 Å². The normalized spacial score (nSPS) is 10.3. The molecule has 0 unspecified atom stereocenters. The third-order valence-corrected chi connectivity index (χ3v) is 3.42. The summed E-state index contributed by atoms with van der Waals surface area (Å²) in [6.45, 7) is 3.24. The molecule has 0 aliphatic carbocycles. The number of hydrogen-bond donors (Lipinski definition) is 1. The first-order valence-corrected chi connectivity index (χ1v) is 7.70. The van der Waals surface area contributed by atoms with Crippen LogP contribution in [-0.4, -0.2) is 19.6 Å². The van der Waals surface area contributed by atoms with Crippen molar-refractivity contribution in [1.82, 2.24) is 0 Å². The molecule has 0 saturated heterocycles. The van der Waals surface area contributed by atoms with E-state index in [2.05, 4.69) is 17.0 Å². The van der Waals surface area contributed by atoms with Gasteiger partial charge < -0.3 is 10.1 Å². The molecule has 0 radical (unpaired) electrons. The van der Waals surface area contributed by atoms with Crippen molar-refractivity contribution in [3.63, 3.8) is 0 Å². The topological polar surface area (TPSA) is 38.3 Å². The molecule has 3 heteroatoms. The van der Waals surface area contributed by atoms with Gasteiger partial charge in [0, 0.05) is 12.2 Å². The van der Waals surface area contributed by atoms with Gasteiger partial charge in [0.05, 0.1) is 12.7 Å². The molecule has 3 nitrogen and oxygen atoms in total. The Morgan fingerprint density at radius 2 is 1.60 bits per heavy atom. The van der Waals surface area contributed by atoms with Crippen molar-refractivity contribution in [3.8, 4) is 0 Å². The van der Waals surface area contributed by atoms with Gasteiger partial charge in [0.25, 0.3) is 0 Å². The molecule has 1 aromatic carbocycles. The van der Waals surface area contributed by atoms with Gasteiger partial charge in [0.1, 0.15) is 0 Å². The van der Waals surface area contributed by atoms with Gasteiger partial charge in [0.2, 0.25) is 0 Å². The maximum Gasteiger partial charge on any atom is 0.337 e. The summed E-state index contributed by atoms with van der Waals surface area (Å²) in [6.07, 6.45) is 9.24. The van der Waals surface area contributed by atoms with E-state index in [1.807, 2.05) is 12.1 Å². The number of rotatable bonds is 10. The van der Waals surface area contributed by atoms with Crippen molar-refractivity contribution in [3.05, 3.63) is 29.8 Å². The minimum atomic E-state index is -0.288. The molecule has 0 bridgehead atoms. The molecule has 1 rings (SSSR count). The van der Waals surface area contributed by atoms with Crippen LogP contribution in [0.25, 0.3) is 0 Å².